The number of nitrogens with zero attached hydrogens (tertiary/aromatic N) is 1. The van der Waals surface area contributed by atoms with Crippen molar-refractivity contribution in [1.82, 2.24) is 10.2 Å². The molecular formula is C11H22N2O. The van der Waals surface area contributed by atoms with Crippen LogP contribution in [-0.4, -0.2) is 50.3 Å². The summed E-state index contributed by atoms with van der Waals surface area (Å²) >= 11 is 0. The van der Waals surface area contributed by atoms with Crippen molar-refractivity contribution in [3.63, 3.8) is 0 Å². The SMILES string of the molecule is COC1CCCCC1N1CCNCC1. The van der Waals surface area contributed by atoms with Crippen LogP contribution in [0.25, 0.3) is 0 Å². The van der Waals surface area contributed by atoms with Crippen LogP contribution >= 0.6 is 0 Å². The molecule has 1 N–H and O–H groups in total. The van der Waals surface area contributed by atoms with E-state index in [1.165, 1.54) is 38.8 Å². The molecule has 2 aliphatic rings. The monoisotopic (exact) mass is 198 g/mol. The first-order valence-corrected chi connectivity index (χ1v) is 5.89. The van der Waals surface area contributed by atoms with Gasteiger partial charge in [-0.15, -0.1) is 0 Å². The van der Waals surface area contributed by atoms with Crippen molar-refractivity contribution in [2.45, 2.75) is 37.8 Å². The van der Waals surface area contributed by atoms with Crippen molar-refractivity contribution in [3.8, 4) is 0 Å². The van der Waals surface area contributed by atoms with Gasteiger partial charge in [0.25, 0.3) is 0 Å². The molecule has 0 aromatic carbocycles. The van der Waals surface area contributed by atoms with Crippen LogP contribution in [0.15, 0.2) is 0 Å². The molecule has 0 aromatic rings. The lowest BCUT2D eigenvalue weighted by Gasteiger charge is -2.41. The van der Waals surface area contributed by atoms with Gasteiger partial charge in [0.2, 0.25) is 0 Å². The molecule has 82 valence electrons. The highest BCUT2D eigenvalue weighted by Gasteiger charge is 2.30. The lowest BCUT2D eigenvalue weighted by atomic mass is 9.91. The fourth-order valence-corrected chi connectivity index (χ4v) is 2.78. The molecule has 1 aliphatic carbocycles. The van der Waals surface area contributed by atoms with Crippen LogP contribution in [-0.2, 0) is 4.74 Å². The van der Waals surface area contributed by atoms with E-state index < -0.39 is 0 Å². The van der Waals surface area contributed by atoms with Crippen molar-refractivity contribution in [2.75, 3.05) is 33.3 Å². The van der Waals surface area contributed by atoms with E-state index in [9.17, 15) is 0 Å². The number of ether oxygens (including phenoxy) is 1. The van der Waals surface area contributed by atoms with Gasteiger partial charge >= 0.3 is 0 Å². The Kier molecular flexibility index (Phi) is 3.79. The maximum Gasteiger partial charge on any atom is 0.0726 e. The van der Waals surface area contributed by atoms with Crippen LogP contribution in [0.1, 0.15) is 25.7 Å². The van der Waals surface area contributed by atoms with Crippen LogP contribution < -0.4 is 5.32 Å². The van der Waals surface area contributed by atoms with E-state index in [0.29, 0.717) is 12.1 Å². The average molecular weight is 198 g/mol. The highest BCUT2D eigenvalue weighted by molar-refractivity contribution is 4.86. The Morgan fingerprint density at radius 2 is 1.86 bits per heavy atom. The zero-order valence-corrected chi connectivity index (χ0v) is 9.17. The maximum absolute atomic E-state index is 5.59. The number of nitrogens with one attached hydrogen (secondary N) is 1. The molecule has 1 saturated carbocycles. The molecule has 3 heteroatoms. The molecule has 2 unspecified atom stereocenters. The molecule has 0 amide bonds. The Balaban J connectivity index is 1.91. The predicted octanol–water partition coefficient (Wildman–Crippen LogP) is 0.849. The first kappa shape index (κ1) is 10.4. The average Bonchev–Trinajstić information content (AvgIpc) is 2.30. The van der Waals surface area contributed by atoms with Crippen molar-refractivity contribution in [1.29, 1.82) is 0 Å². The maximum atomic E-state index is 5.59. The lowest BCUT2D eigenvalue weighted by Crippen LogP contribution is -2.53. The summed E-state index contributed by atoms with van der Waals surface area (Å²) in [5, 5.41) is 3.40. The molecule has 1 saturated heterocycles. The summed E-state index contributed by atoms with van der Waals surface area (Å²) in [7, 11) is 1.87. The molecule has 14 heavy (non-hydrogen) atoms. The highest BCUT2D eigenvalue weighted by atomic mass is 16.5. The van der Waals surface area contributed by atoms with Gasteiger partial charge in [0.15, 0.2) is 0 Å². The second-order valence-electron chi connectivity index (χ2n) is 4.41. The van der Waals surface area contributed by atoms with E-state index in [1.54, 1.807) is 0 Å². The largest absolute Gasteiger partial charge is 0.380 e. The zero-order valence-electron chi connectivity index (χ0n) is 9.17. The minimum atomic E-state index is 0.488. The number of hydrogen-bond donors (Lipinski definition) is 1. The van der Waals surface area contributed by atoms with E-state index in [0.717, 1.165) is 13.1 Å². The first-order valence-electron chi connectivity index (χ1n) is 5.89. The van der Waals surface area contributed by atoms with Gasteiger partial charge in [-0.3, -0.25) is 4.90 Å². The van der Waals surface area contributed by atoms with E-state index >= 15 is 0 Å². The minimum absolute atomic E-state index is 0.488. The number of piperazine rings is 1. The third kappa shape index (κ3) is 2.27. The summed E-state index contributed by atoms with van der Waals surface area (Å²) in [4.78, 5) is 2.61. The van der Waals surface area contributed by atoms with E-state index in [1.807, 2.05) is 7.11 Å². The molecule has 0 radical (unpaired) electrons. The van der Waals surface area contributed by atoms with Crippen LogP contribution in [0, 0.1) is 0 Å². The molecule has 0 bridgehead atoms. The molecular weight excluding hydrogens is 176 g/mol. The molecule has 2 fully saturated rings. The van der Waals surface area contributed by atoms with E-state index in [-0.39, 0.29) is 0 Å². The molecule has 2 atom stereocenters. The summed E-state index contributed by atoms with van der Waals surface area (Å²) in [6, 6.07) is 0.691. The van der Waals surface area contributed by atoms with Gasteiger partial charge in [0.05, 0.1) is 6.10 Å². The van der Waals surface area contributed by atoms with Gasteiger partial charge in [0.1, 0.15) is 0 Å². The Morgan fingerprint density at radius 3 is 2.57 bits per heavy atom. The summed E-state index contributed by atoms with van der Waals surface area (Å²) in [6.07, 6.45) is 5.81. The summed E-state index contributed by atoms with van der Waals surface area (Å²) in [5.41, 5.74) is 0. The number of rotatable bonds is 2. The molecule has 1 heterocycles. The second-order valence-corrected chi connectivity index (χ2v) is 4.41. The first-order chi connectivity index (χ1) is 6.92. The van der Waals surface area contributed by atoms with Gasteiger partial charge in [-0.1, -0.05) is 12.8 Å². The minimum Gasteiger partial charge on any atom is -0.380 e. The highest BCUT2D eigenvalue weighted by Crippen LogP contribution is 2.25. The van der Waals surface area contributed by atoms with Crippen LogP contribution in [0.5, 0.6) is 0 Å². The van der Waals surface area contributed by atoms with Crippen LogP contribution in [0.3, 0.4) is 0 Å². The Labute approximate surface area is 86.8 Å². The lowest BCUT2D eigenvalue weighted by molar-refractivity contribution is -0.0147. The fraction of sp³-hybridized carbons (Fsp3) is 1.00. The molecule has 3 nitrogen and oxygen atoms in total. The van der Waals surface area contributed by atoms with E-state index in [2.05, 4.69) is 10.2 Å². The van der Waals surface area contributed by atoms with Crippen molar-refractivity contribution in [3.05, 3.63) is 0 Å². The summed E-state index contributed by atoms with van der Waals surface area (Å²) in [6.45, 7) is 4.69. The normalized spacial score (nSPS) is 35.8. The van der Waals surface area contributed by atoms with Gasteiger partial charge in [-0.05, 0) is 12.8 Å². The molecule has 1 aliphatic heterocycles. The van der Waals surface area contributed by atoms with Gasteiger partial charge in [-0.2, -0.15) is 0 Å². The Hall–Kier alpha value is -0.120. The topological polar surface area (TPSA) is 24.5 Å². The van der Waals surface area contributed by atoms with Gasteiger partial charge in [-0.25, -0.2) is 0 Å². The standard InChI is InChI=1S/C11H22N2O/c1-14-11-5-3-2-4-10(11)13-8-6-12-7-9-13/h10-12H,2-9H2,1H3. The van der Waals surface area contributed by atoms with Gasteiger partial charge in [0, 0.05) is 39.3 Å². The number of hydrogen-bond acceptors (Lipinski definition) is 3. The van der Waals surface area contributed by atoms with Gasteiger partial charge < -0.3 is 10.1 Å². The third-order valence-electron chi connectivity index (χ3n) is 3.59. The third-order valence-corrected chi connectivity index (χ3v) is 3.59. The smallest absolute Gasteiger partial charge is 0.0726 e. The van der Waals surface area contributed by atoms with E-state index in [4.69, 9.17) is 4.74 Å². The second kappa shape index (κ2) is 5.10. The van der Waals surface area contributed by atoms with Crippen LogP contribution in [0.4, 0.5) is 0 Å². The number of methoxy groups -OCH3 is 1. The Bertz CT molecular complexity index is 169. The van der Waals surface area contributed by atoms with Crippen LogP contribution in [0.2, 0.25) is 0 Å². The van der Waals surface area contributed by atoms with Crippen molar-refractivity contribution < 1.29 is 4.74 Å². The summed E-state index contributed by atoms with van der Waals surface area (Å²) in [5.74, 6) is 0. The molecule has 2 rings (SSSR count). The molecule has 0 spiro atoms. The summed E-state index contributed by atoms with van der Waals surface area (Å²) < 4.78 is 5.59. The van der Waals surface area contributed by atoms with Crippen molar-refractivity contribution >= 4 is 0 Å². The van der Waals surface area contributed by atoms with Crippen molar-refractivity contribution in [2.24, 2.45) is 0 Å². The molecule has 0 aromatic heterocycles. The predicted molar refractivity (Wildman–Crippen MR) is 57.5 cm³/mol. The Morgan fingerprint density at radius 1 is 1.14 bits per heavy atom. The zero-order chi connectivity index (χ0) is 9.80. The quantitative estimate of drug-likeness (QED) is 0.712. The fourth-order valence-electron chi connectivity index (χ4n) is 2.78.